The van der Waals surface area contributed by atoms with E-state index >= 15 is 0 Å². The van der Waals surface area contributed by atoms with Gasteiger partial charge in [-0.2, -0.15) is 0 Å². The van der Waals surface area contributed by atoms with Crippen LogP contribution in [0.15, 0.2) is 18.2 Å². The van der Waals surface area contributed by atoms with E-state index in [4.69, 9.17) is 16.6 Å². The molecule has 0 unspecified atom stereocenters. The molecule has 1 aliphatic heterocycles. The molecule has 1 fully saturated rings. The van der Waals surface area contributed by atoms with Crippen LogP contribution in [0.2, 0.25) is 0 Å². The van der Waals surface area contributed by atoms with Crippen molar-refractivity contribution in [3.8, 4) is 0 Å². The van der Waals surface area contributed by atoms with Gasteiger partial charge < -0.3 is 9.47 Å². The summed E-state index contributed by atoms with van der Waals surface area (Å²) in [6.07, 6.45) is 2.56. The summed E-state index contributed by atoms with van der Waals surface area (Å²) in [4.78, 5) is 7.25. The molecule has 0 amide bonds. The highest BCUT2D eigenvalue weighted by atomic mass is 35.5. The Kier molecular flexibility index (Phi) is 4.51. The number of halogens is 1. The summed E-state index contributed by atoms with van der Waals surface area (Å²) in [7, 11) is 0. The Balaban J connectivity index is 1.86. The van der Waals surface area contributed by atoms with Crippen LogP contribution in [0.5, 0.6) is 0 Å². The van der Waals surface area contributed by atoms with Gasteiger partial charge in [0, 0.05) is 6.54 Å². The van der Waals surface area contributed by atoms with Crippen LogP contribution < -0.4 is 0 Å². The average molecular weight is 306 g/mol. The third-order valence-electron chi connectivity index (χ3n) is 4.76. The van der Waals surface area contributed by atoms with E-state index in [1.54, 1.807) is 0 Å². The van der Waals surface area contributed by atoms with Crippen molar-refractivity contribution in [2.24, 2.45) is 5.92 Å². The van der Waals surface area contributed by atoms with Crippen LogP contribution >= 0.6 is 11.6 Å². The first-order valence-corrected chi connectivity index (χ1v) is 8.49. The fourth-order valence-electron chi connectivity index (χ4n) is 3.46. The van der Waals surface area contributed by atoms with Gasteiger partial charge in [-0.15, -0.1) is 11.6 Å². The number of alkyl halides is 1. The van der Waals surface area contributed by atoms with Gasteiger partial charge in [-0.1, -0.05) is 19.1 Å². The number of piperidine rings is 1. The van der Waals surface area contributed by atoms with Crippen LogP contribution in [0.3, 0.4) is 0 Å². The minimum absolute atomic E-state index is 0.488. The number of likely N-dealkylation sites (tertiary alicyclic amines) is 1. The van der Waals surface area contributed by atoms with Gasteiger partial charge in [0.1, 0.15) is 5.82 Å². The lowest BCUT2D eigenvalue weighted by Crippen LogP contribution is -2.34. The molecule has 1 aliphatic rings. The summed E-state index contributed by atoms with van der Waals surface area (Å²) in [5.74, 6) is 2.24. The molecule has 0 radical (unpaired) electrons. The zero-order chi connectivity index (χ0) is 14.8. The van der Waals surface area contributed by atoms with Crippen molar-refractivity contribution in [3.05, 3.63) is 29.6 Å². The number of fused-ring (bicyclic) bond motifs is 1. The van der Waals surface area contributed by atoms with Gasteiger partial charge in [0.05, 0.1) is 16.9 Å². The average Bonchev–Trinajstić information content (AvgIpc) is 2.87. The van der Waals surface area contributed by atoms with Crippen molar-refractivity contribution < 1.29 is 0 Å². The molecule has 3 nitrogen and oxygen atoms in total. The molecule has 1 saturated heterocycles. The van der Waals surface area contributed by atoms with E-state index in [-0.39, 0.29) is 0 Å². The Morgan fingerprint density at radius 3 is 2.71 bits per heavy atom. The van der Waals surface area contributed by atoms with E-state index in [1.165, 1.54) is 43.6 Å². The van der Waals surface area contributed by atoms with Crippen molar-refractivity contribution in [2.45, 2.75) is 39.1 Å². The van der Waals surface area contributed by atoms with E-state index in [9.17, 15) is 0 Å². The van der Waals surface area contributed by atoms with Gasteiger partial charge in [0.15, 0.2) is 0 Å². The van der Waals surface area contributed by atoms with Gasteiger partial charge in [0.25, 0.3) is 0 Å². The van der Waals surface area contributed by atoms with Crippen LogP contribution in [0.1, 0.15) is 31.2 Å². The normalized spacial score (nSPS) is 17.7. The molecule has 1 aromatic heterocycles. The Labute approximate surface area is 131 Å². The van der Waals surface area contributed by atoms with Crippen LogP contribution in [0, 0.1) is 12.8 Å². The van der Waals surface area contributed by atoms with E-state index in [0.29, 0.717) is 5.88 Å². The van der Waals surface area contributed by atoms with Crippen LogP contribution in [-0.4, -0.2) is 34.1 Å². The highest BCUT2D eigenvalue weighted by Gasteiger charge is 2.21. The first-order chi connectivity index (χ1) is 10.2. The van der Waals surface area contributed by atoms with Crippen LogP contribution in [0.4, 0.5) is 0 Å². The molecule has 0 atom stereocenters. The molecule has 114 valence electrons. The predicted molar refractivity (Wildman–Crippen MR) is 88.9 cm³/mol. The van der Waals surface area contributed by atoms with Gasteiger partial charge in [-0.05, 0) is 56.9 Å². The molecule has 1 aromatic carbocycles. The van der Waals surface area contributed by atoms with Gasteiger partial charge in [0.2, 0.25) is 0 Å². The smallest absolute Gasteiger partial charge is 0.124 e. The highest BCUT2D eigenvalue weighted by Crippen LogP contribution is 2.26. The van der Waals surface area contributed by atoms with Crippen molar-refractivity contribution in [1.82, 2.24) is 14.5 Å². The molecule has 4 heteroatoms. The van der Waals surface area contributed by atoms with Crippen molar-refractivity contribution >= 4 is 22.6 Å². The fourth-order valence-corrected chi connectivity index (χ4v) is 3.66. The molecule has 3 rings (SSSR count). The predicted octanol–water partition coefficient (Wildman–Crippen LogP) is 3.82. The lowest BCUT2D eigenvalue weighted by Gasteiger charge is -2.31. The summed E-state index contributed by atoms with van der Waals surface area (Å²) in [5, 5.41) is 0. The Bertz CT molecular complexity index is 612. The number of rotatable bonds is 4. The van der Waals surface area contributed by atoms with Crippen molar-refractivity contribution in [3.63, 3.8) is 0 Å². The minimum atomic E-state index is 0.488. The molecule has 0 saturated carbocycles. The minimum Gasteiger partial charge on any atom is -0.326 e. The van der Waals surface area contributed by atoms with E-state index < -0.39 is 0 Å². The van der Waals surface area contributed by atoms with Gasteiger partial charge >= 0.3 is 0 Å². The second kappa shape index (κ2) is 6.37. The number of nitrogens with zero attached hydrogens (tertiary/aromatic N) is 3. The Morgan fingerprint density at radius 2 is 2.05 bits per heavy atom. The van der Waals surface area contributed by atoms with E-state index in [0.717, 1.165) is 23.8 Å². The Morgan fingerprint density at radius 1 is 1.29 bits per heavy atom. The third-order valence-corrected chi connectivity index (χ3v) is 5.00. The lowest BCUT2D eigenvalue weighted by molar-refractivity contribution is 0.181. The first-order valence-electron chi connectivity index (χ1n) is 7.96. The zero-order valence-corrected chi connectivity index (χ0v) is 13.7. The number of hydrogen-bond acceptors (Lipinski definition) is 2. The molecule has 0 bridgehead atoms. The Hall–Kier alpha value is -1.06. The SMILES string of the molecule is CCN1CCC(Cn2c(CCl)nc3cccc(C)c32)CC1. The van der Waals surface area contributed by atoms with Crippen LogP contribution in [-0.2, 0) is 12.4 Å². The molecular weight excluding hydrogens is 282 g/mol. The second-order valence-electron chi connectivity index (χ2n) is 6.09. The number of benzene rings is 1. The van der Waals surface area contributed by atoms with Gasteiger partial charge in [-0.25, -0.2) is 4.98 Å². The lowest BCUT2D eigenvalue weighted by atomic mass is 9.96. The molecule has 0 N–H and O–H groups in total. The topological polar surface area (TPSA) is 21.1 Å². The summed E-state index contributed by atoms with van der Waals surface area (Å²) in [6, 6.07) is 6.33. The standard InChI is InChI=1S/C17H24ClN3/c1-3-20-9-7-14(8-10-20)12-21-16(11-18)19-15-6-4-5-13(2)17(15)21/h4-6,14H,3,7-12H2,1-2H3. The molecule has 21 heavy (non-hydrogen) atoms. The number of aryl methyl sites for hydroxylation is 1. The first kappa shape index (κ1) is 14.9. The third kappa shape index (κ3) is 2.95. The fraction of sp³-hybridized carbons (Fsp3) is 0.588. The number of hydrogen-bond donors (Lipinski definition) is 0. The molecule has 2 aromatic rings. The van der Waals surface area contributed by atoms with Gasteiger partial charge in [-0.3, -0.25) is 0 Å². The molecule has 0 spiro atoms. The van der Waals surface area contributed by atoms with E-state index in [1.807, 2.05) is 0 Å². The zero-order valence-electron chi connectivity index (χ0n) is 13.0. The largest absolute Gasteiger partial charge is 0.326 e. The maximum atomic E-state index is 6.13. The monoisotopic (exact) mass is 305 g/mol. The number of para-hydroxylation sites is 1. The maximum Gasteiger partial charge on any atom is 0.124 e. The summed E-state index contributed by atoms with van der Waals surface area (Å²) >= 11 is 6.13. The van der Waals surface area contributed by atoms with Crippen molar-refractivity contribution in [1.29, 1.82) is 0 Å². The molecule has 2 heterocycles. The summed E-state index contributed by atoms with van der Waals surface area (Å²) in [5.41, 5.74) is 3.64. The summed E-state index contributed by atoms with van der Waals surface area (Å²) in [6.45, 7) is 9.09. The van der Waals surface area contributed by atoms with Crippen LogP contribution in [0.25, 0.3) is 11.0 Å². The maximum absolute atomic E-state index is 6.13. The van der Waals surface area contributed by atoms with E-state index in [2.05, 4.69) is 41.5 Å². The summed E-state index contributed by atoms with van der Waals surface area (Å²) < 4.78 is 2.37. The number of aromatic nitrogens is 2. The molecule has 0 aliphatic carbocycles. The number of imidazole rings is 1. The molecular formula is C17H24ClN3. The van der Waals surface area contributed by atoms with Crippen molar-refractivity contribution in [2.75, 3.05) is 19.6 Å². The second-order valence-corrected chi connectivity index (χ2v) is 6.36. The quantitative estimate of drug-likeness (QED) is 0.801. The highest BCUT2D eigenvalue weighted by molar-refractivity contribution is 6.16.